The molecule has 1 heterocycles. The second kappa shape index (κ2) is 11.6. The fourth-order valence-electron chi connectivity index (χ4n) is 8.26. The molecule has 9 aromatic carbocycles. The van der Waals surface area contributed by atoms with Crippen LogP contribution >= 0.6 is 0 Å². The summed E-state index contributed by atoms with van der Waals surface area (Å²) in [5.74, 6) is 0. The largest absolute Gasteiger partial charge is 0.455 e. The molecule has 1 nitrogen and oxygen atoms in total. The summed E-state index contributed by atoms with van der Waals surface area (Å²) in [5, 5.41) is 10.9. The quantitative estimate of drug-likeness (QED) is 0.113. The van der Waals surface area contributed by atoms with Gasteiger partial charge in [-0.3, -0.25) is 0 Å². The van der Waals surface area contributed by atoms with Crippen molar-refractivity contribution in [1.82, 2.24) is 0 Å². The molecule has 0 aliphatic rings. The lowest BCUT2D eigenvalue weighted by Crippen LogP contribution is -2.55. The third-order valence-electron chi connectivity index (χ3n) is 10.7. The number of fused-ring (bicyclic) bond motifs is 8. The molecule has 0 atom stereocenters. The Labute approximate surface area is 307 Å². The molecular formula is C46H23B5O. The van der Waals surface area contributed by atoms with Crippen LogP contribution in [0, 0.1) is 0 Å². The van der Waals surface area contributed by atoms with Gasteiger partial charge in [0.2, 0.25) is 0 Å². The molecule has 0 spiro atoms. The molecule has 52 heavy (non-hydrogen) atoms. The summed E-state index contributed by atoms with van der Waals surface area (Å²) in [7, 11) is 32.5. The molecule has 0 saturated heterocycles. The van der Waals surface area contributed by atoms with E-state index in [9.17, 15) is 0 Å². The lowest BCUT2D eigenvalue weighted by molar-refractivity contribution is 0.670. The molecule has 0 bridgehead atoms. The molecule has 10 radical (unpaired) electrons. The molecule has 10 aromatic rings. The average Bonchev–Trinajstić information content (AvgIpc) is 3.58. The Bertz CT molecular complexity index is 3050. The Kier molecular flexibility index (Phi) is 6.89. The lowest BCUT2D eigenvalue weighted by Gasteiger charge is -2.25. The Morgan fingerprint density at radius 1 is 0.327 bits per heavy atom. The standard InChI is InChI=1S/C46H23B5O/c47-41-40(42(48)44(50)45(51)43(41)49)39-32-15-5-3-13-30(32)38(31-14-4-6-16-33(31)39)36-23-24-10-1-2-11-26(24)35-22-25(20-21-28(35)36)27-17-9-18-34-29-12-7-8-19-37(29)52-46(27)34/h1-23H. The predicted molar refractivity (Wildman–Crippen MR) is 227 cm³/mol. The summed E-state index contributed by atoms with van der Waals surface area (Å²) in [5.41, 5.74) is 8.91. The van der Waals surface area contributed by atoms with E-state index in [4.69, 9.17) is 43.6 Å². The summed E-state index contributed by atoms with van der Waals surface area (Å²) in [4.78, 5) is 0. The highest BCUT2D eigenvalue weighted by Gasteiger charge is 2.22. The summed E-state index contributed by atoms with van der Waals surface area (Å²) in [6, 6.07) is 49.0. The molecule has 0 N–H and O–H groups in total. The molecule has 1 aromatic heterocycles. The minimum Gasteiger partial charge on any atom is -0.455 e. The van der Waals surface area contributed by atoms with Crippen LogP contribution < -0.4 is 27.3 Å². The molecule has 228 valence electrons. The van der Waals surface area contributed by atoms with E-state index in [1.807, 2.05) is 24.3 Å². The van der Waals surface area contributed by atoms with E-state index in [1.165, 1.54) is 5.39 Å². The van der Waals surface area contributed by atoms with Gasteiger partial charge in [0.15, 0.2) is 0 Å². The van der Waals surface area contributed by atoms with Gasteiger partial charge in [-0.25, -0.2) is 0 Å². The van der Waals surface area contributed by atoms with Gasteiger partial charge < -0.3 is 4.42 Å². The monoisotopic (exact) mass is 646 g/mol. The van der Waals surface area contributed by atoms with Crippen LogP contribution in [0.1, 0.15) is 0 Å². The minimum atomic E-state index is 0.197. The first-order chi connectivity index (χ1) is 25.4. The summed E-state index contributed by atoms with van der Waals surface area (Å²) < 4.78 is 6.47. The van der Waals surface area contributed by atoms with E-state index in [2.05, 4.69) is 115 Å². The summed E-state index contributed by atoms with van der Waals surface area (Å²) in [6.07, 6.45) is 0. The van der Waals surface area contributed by atoms with Crippen LogP contribution in [-0.4, -0.2) is 39.2 Å². The number of hydrogen-bond acceptors (Lipinski definition) is 1. The van der Waals surface area contributed by atoms with Crippen LogP contribution in [0.15, 0.2) is 144 Å². The highest BCUT2D eigenvalue weighted by Crippen LogP contribution is 2.47. The van der Waals surface area contributed by atoms with Crippen LogP contribution in [0.3, 0.4) is 0 Å². The van der Waals surface area contributed by atoms with Crippen molar-refractivity contribution in [1.29, 1.82) is 0 Å². The predicted octanol–water partition coefficient (Wildman–Crippen LogP) is 7.17. The molecule has 0 fully saturated rings. The first kappa shape index (κ1) is 30.9. The van der Waals surface area contributed by atoms with E-state index in [0.717, 1.165) is 87.5 Å². The van der Waals surface area contributed by atoms with Gasteiger partial charge in [-0.1, -0.05) is 132 Å². The zero-order chi connectivity index (χ0) is 35.2. The van der Waals surface area contributed by atoms with Crippen molar-refractivity contribution in [3.8, 4) is 33.4 Å². The van der Waals surface area contributed by atoms with Gasteiger partial charge in [0, 0.05) is 16.3 Å². The SMILES string of the molecule is [B]c1c([B])c([B])c(-c2c3ccccc3c(-c3cc4ccccc4c4cc(-c5cccc6c5oc5ccccc56)ccc34)c3ccccc23)c([B])c1[B]. The van der Waals surface area contributed by atoms with Crippen molar-refractivity contribution in [2.24, 2.45) is 0 Å². The first-order valence-electron chi connectivity index (χ1n) is 17.2. The molecule has 0 aliphatic heterocycles. The van der Waals surface area contributed by atoms with Crippen LogP contribution in [0.25, 0.3) is 98.4 Å². The van der Waals surface area contributed by atoms with E-state index in [-0.39, 0.29) is 16.4 Å². The topological polar surface area (TPSA) is 13.1 Å². The van der Waals surface area contributed by atoms with Crippen molar-refractivity contribution in [3.05, 3.63) is 140 Å². The van der Waals surface area contributed by atoms with Crippen molar-refractivity contribution < 1.29 is 4.42 Å². The Morgan fingerprint density at radius 2 is 0.865 bits per heavy atom. The van der Waals surface area contributed by atoms with E-state index >= 15 is 0 Å². The highest BCUT2D eigenvalue weighted by molar-refractivity contribution is 6.69. The third-order valence-corrected chi connectivity index (χ3v) is 10.7. The number of para-hydroxylation sites is 2. The third kappa shape index (κ3) is 4.37. The molecule has 0 aliphatic carbocycles. The number of hydrogen-bond donors (Lipinski definition) is 0. The minimum absolute atomic E-state index is 0.197. The number of furan rings is 1. The average molecular weight is 646 g/mol. The molecule has 10 rings (SSSR count). The van der Waals surface area contributed by atoms with Gasteiger partial charge in [-0.15, -0.1) is 16.4 Å². The van der Waals surface area contributed by atoms with Gasteiger partial charge in [0.1, 0.15) is 50.4 Å². The second-order valence-electron chi connectivity index (χ2n) is 13.5. The zero-order valence-electron chi connectivity index (χ0n) is 28.1. The van der Waals surface area contributed by atoms with Crippen LogP contribution in [0.4, 0.5) is 0 Å². The maximum absolute atomic E-state index is 6.72. The second-order valence-corrected chi connectivity index (χ2v) is 13.5. The van der Waals surface area contributed by atoms with Gasteiger partial charge in [0.05, 0.1) is 0 Å². The first-order valence-corrected chi connectivity index (χ1v) is 17.2. The highest BCUT2D eigenvalue weighted by atomic mass is 16.3. The molecule has 6 heteroatoms. The molecule has 0 unspecified atom stereocenters. The number of benzene rings is 9. The van der Waals surface area contributed by atoms with Crippen molar-refractivity contribution >= 4 is 132 Å². The maximum atomic E-state index is 6.72. The molecule has 0 amide bonds. The van der Waals surface area contributed by atoms with Crippen molar-refractivity contribution in [2.45, 2.75) is 0 Å². The van der Waals surface area contributed by atoms with Gasteiger partial charge in [-0.05, 0) is 89.1 Å². The summed E-state index contributed by atoms with van der Waals surface area (Å²) >= 11 is 0. The van der Waals surface area contributed by atoms with Gasteiger partial charge >= 0.3 is 0 Å². The van der Waals surface area contributed by atoms with Crippen molar-refractivity contribution in [2.75, 3.05) is 0 Å². The van der Waals surface area contributed by atoms with Crippen LogP contribution in [-0.2, 0) is 0 Å². The van der Waals surface area contributed by atoms with E-state index in [0.29, 0.717) is 16.5 Å². The van der Waals surface area contributed by atoms with Gasteiger partial charge in [0.25, 0.3) is 0 Å². The molecular weight excluding hydrogens is 623 g/mol. The normalized spacial score (nSPS) is 11.8. The fourth-order valence-corrected chi connectivity index (χ4v) is 8.26. The summed E-state index contributed by atoms with van der Waals surface area (Å²) in [6.45, 7) is 0. The maximum Gasteiger partial charge on any atom is 0.143 e. The van der Waals surface area contributed by atoms with E-state index in [1.54, 1.807) is 0 Å². The van der Waals surface area contributed by atoms with Gasteiger partial charge in [-0.2, -0.15) is 0 Å². The lowest BCUT2D eigenvalue weighted by atomic mass is 9.59. The Hall–Kier alpha value is -5.86. The number of rotatable bonds is 3. The van der Waals surface area contributed by atoms with Crippen LogP contribution in [0.2, 0.25) is 0 Å². The Morgan fingerprint density at radius 3 is 1.54 bits per heavy atom. The van der Waals surface area contributed by atoms with Crippen molar-refractivity contribution in [3.63, 3.8) is 0 Å². The van der Waals surface area contributed by atoms with E-state index < -0.39 is 0 Å². The fraction of sp³-hybridized carbons (Fsp3) is 0. The van der Waals surface area contributed by atoms with Crippen LogP contribution in [0.5, 0.6) is 0 Å². The molecule has 0 saturated carbocycles. The zero-order valence-corrected chi connectivity index (χ0v) is 28.1. The smallest absolute Gasteiger partial charge is 0.143 e. The Balaban J connectivity index is 1.31.